The highest BCUT2D eigenvalue weighted by Gasteiger charge is 2.34. The van der Waals surface area contributed by atoms with Crippen LogP contribution in [0.5, 0.6) is 0 Å². The number of carbonyl (C=O) groups is 1. The minimum absolute atomic E-state index is 0.0601. The molecular weight excluding hydrogens is 262 g/mol. The number of aromatic nitrogens is 2. The van der Waals surface area contributed by atoms with Crippen LogP contribution in [0.3, 0.4) is 0 Å². The van der Waals surface area contributed by atoms with Gasteiger partial charge in [0.1, 0.15) is 0 Å². The molecule has 1 aromatic heterocycles. The summed E-state index contributed by atoms with van der Waals surface area (Å²) in [6.45, 7) is 4.90. The first-order chi connectivity index (χ1) is 10.2. The smallest absolute Gasteiger partial charge is 0.155 e. The second-order valence-corrected chi connectivity index (χ2v) is 6.68. The number of nitrogens with zero attached hydrogens (tertiary/aromatic N) is 2. The van der Waals surface area contributed by atoms with Crippen molar-refractivity contribution in [2.75, 3.05) is 0 Å². The maximum absolute atomic E-state index is 12.6. The van der Waals surface area contributed by atoms with Crippen molar-refractivity contribution >= 4 is 5.78 Å². The van der Waals surface area contributed by atoms with Gasteiger partial charge in [-0.3, -0.25) is 9.48 Å². The van der Waals surface area contributed by atoms with Crippen molar-refractivity contribution < 1.29 is 4.79 Å². The Bertz CT molecular complexity index is 508. The summed E-state index contributed by atoms with van der Waals surface area (Å²) in [5.74, 6) is 1.15. The first-order valence-electron chi connectivity index (χ1n) is 8.49. The minimum atomic E-state index is 0.0601. The van der Waals surface area contributed by atoms with Gasteiger partial charge in [0.2, 0.25) is 0 Å². The van der Waals surface area contributed by atoms with Gasteiger partial charge >= 0.3 is 0 Å². The summed E-state index contributed by atoms with van der Waals surface area (Å²) in [7, 11) is 0. The predicted molar refractivity (Wildman–Crippen MR) is 83.3 cm³/mol. The highest BCUT2D eigenvalue weighted by molar-refractivity contribution is 5.86. The van der Waals surface area contributed by atoms with Gasteiger partial charge in [-0.05, 0) is 51.5 Å². The van der Waals surface area contributed by atoms with Gasteiger partial charge in [0.25, 0.3) is 0 Å². The summed E-state index contributed by atoms with van der Waals surface area (Å²) < 4.78 is 1.96. The second-order valence-electron chi connectivity index (χ2n) is 6.68. The molecule has 3 unspecified atom stereocenters. The van der Waals surface area contributed by atoms with E-state index < -0.39 is 0 Å². The number of ketones is 1. The lowest BCUT2D eigenvalue weighted by Crippen LogP contribution is -2.52. The van der Waals surface area contributed by atoms with Gasteiger partial charge in [-0.2, -0.15) is 5.10 Å². The van der Waals surface area contributed by atoms with Crippen molar-refractivity contribution in [3.8, 4) is 0 Å². The van der Waals surface area contributed by atoms with Crippen molar-refractivity contribution in [3.05, 3.63) is 17.5 Å². The van der Waals surface area contributed by atoms with E-state index in [1.165, 1.54) is 32.1 Å². The molecule has 3 atom stereocenters. The molecule has 2 aliphatic rings. The third-order valence-electron chi connectivity index (χ3n) is 5.18. The fourth-order valence-corrected chi connectivity index (χ4v) is 4.07. The van der Waals surface area contributed by atoms with Crippen molar-refractivity contribution in [2.45, 2.75) is 77.4 Å². The molecule has 1 aliphatic carbocycles. The number of rotatable bonds is 4. The molecule has 0 radical (unpaired) electrons. The van der Waals surface area contributed by atoms with Crippen LogP contribution in [-0.2, 0) is 17.8 Å². The zero-order chi connectivity index (χ0) is 14.8. The summed E-state index contributed by atoms with van der Waals surface area (Å²) in [5.41, 5.74) is 2.07. The average molecular weight is 289 g/mol. The molecule has 0 bridgehead atoms. The Morgan fingerprint density at radius 1 is 1.33 bits per heavy atom. The van der Waals surface area contributed by atoms with Gasteiger partial charge in [0, 0.05) is 18.3 Å². The van der Waals surface area contributed by atoms with Crippen molar-refractivity contribution in [3.63, 3.8) is 0 Å². The number of fused-ring (bicyclic) bond motifs is 1. The molecule has 1 saturated carbocycles. The fraction of sp³-hybridized carbons (Fsp3) is 0.765. The molecule has 1 N–H and O–H groups in total. The van der Waals surface area contributed by atoms with Crippen LogP contribution >= 0.6 is 0 Å². The monoisotopic (exact) mass is 289 g/mol. The third-order valence-corrected chi connectivity index (χ3v) is 5.18. The van der Waals surface area contributed by atoms with E-state index in [1.54, 1.807) is 0 Å². The Morgan fingerprint density at radius 2 is 2.14 bits per heavy atom. The van der Waals surface area contributed by atoms with Crippen LogP contribution in [0.1, 0.15) is 56.8 Å². The lowest BCUT2D eigenvalue weighted by atomic mass is 9.77. The highest BCUT2D eigenvalue weighted by Crippen LogP contribution is 2.32. The summed E-state index contributed by atoms with van der Waals surface area (Å²) in [6.07, 6.45) is 8.04. The molecular formula is C17H27N3O. The summed E-state index contributed by atoms with van der Waals surface area (Å²) in [5, 5.41) is 8.08. The zero-order valence-corrected chi connectivity index (χ0v) is 13.3. The Morgan fingerprint density at radius 3 is 2.95 bits per heavy atom. The molecule has 3 rings (SSSR count). The molecule has 2 fully saturated rings. The zero-order valence-electron chi connectivity index (χ0n) is 13.3. The van der Waals surface area contributed by atoms with E-state index in [9.17, 15) is 4.79 Å². The van der Waals surface area contributed by atoms with E-state index in [1.807, 2.05) is 17.7 Å². The van der Waals surface area contributed by atoms with E-state index in [4.69, 9.17) is 0 Å². The van der Waals surface area contributed by atoms with E-state index in [0.29, 0.717) is 18.2 Å². The third kappa shape index (κ3) is 3.20. The number of aryl methyl sites for hydroxylation is 2. The van der Waals surface area contributed by atoms with Crippen molar-refractivity contribution in [1.29, 1.82) is 0 Å². The van der Waals surface area contributed by atoms with Crippen LogP contribution in [0.4, 0.5) is 0 Å². The fourth-order valence-electron chi connectivity index (χ4n) is 4.07. The average Bonchev–Trinajstić information content (AvgIpc) is 2.86. The number of nitrogens with one attached hydrogen (secondary N) is 1. The van der Waals surface area contributed by atoms with Gasteiger partial charge in [0.15, 0.2) is 5.78 Å². The van der Waals surface area contributed by atoms with Crippen molar-refractivity contribution in [1.82, 2.24) is 15.1 Å². The quantitative estimate of drug-likeness (QED) is 0.927. The highest BCUT2D eigenvalue weighted by atomic mass is 16.1. The van der Waals surface area contributed by atoms with Crippen LogP contribution in [0, 0.1) is 12.8 Å². The minimum Gasteiger partial charge on any atom is -0.304 e. The Labute approximate surface area is 127 Å². The Kier molecular flexibility index (Phi) is 4.43. The normalized spacial score (nSPS) is 29.1. The lowest BCUT2D eigenvalue weighted by molar-refractivity contribution is -0.121. The van der Waals surface area contributed by atoms with Crippen LogP contribution in [0.2, 0.25) is 0 Å². The lowest BCUT2D eigenvalue weighted by Gasteiger charge is -2.40. The maximum Gasteiger partial charge on any atom is 0.155 e. The second kappa shape index (κ2) is 6.30. The maximum atomic E-state index is 12.6. The molecule has 1 saturated heterocycles. The van der Waals surface area contributed by atoms with Gasteiger partial charge < -0.3 is 5.32 Å². The van der Waals surface area contributed by atoms with Gasteiger partial charge in [-0.25, -0.2) is 0 Å². The summed E-state index contributed by atoms with van der Waals surface area (Å²) in [4.78, 5) is 12.6. The molecule has 1 aromatic rings. The van der Waals surface area contributed by atoms with Gasteiger partial charge in [-0.1, -0.05) is 12.8 Å². The topological polar surface area (TPSA) is 46.9 Å². The standard InChI is InChI=1S/C17H27N3O/c1-3-20-14(10-12(2)19-20)11-17(21)16-9-8-13-6-4-5-7-15(13)18-16/h10,13,15-16,18H,3-9,11H2,1-2H3. The molecule has 0 aromatic carbocycles. The van der Waals surface area contributed by atoms with E-state index in [-0.39, 0.29) is 6.04 Å². The molecule has 2 heterocycles. The van der Waals surface area contributed by atoms with E-state index >= 15 is 0 Å². The number of carbonyl (C=O) groups excluding carboxylic acids is 1. The first-order valence-corrected chi connectivity index (χ1v) is 8.49. The molecule has 4 nitrogen and oxygen atoms in total. The predicted octanol–water partition coefficient (Wildman–Crippen LogP) is 2.63. The largest absolute Gasteiger partial charge is 0.304 e. The molecule has 1 aliphatic heterocycles. The number of Topliss-reactive ketones (excluding diaryl/α,β-unsaturated/α-hetero) is 1. The molecule has 0 amide bonds. The molecule has 21 heavy (non-hydrogen) atoms. The summed E-state index contributed by atoms with van der Waals surface area (Å²) >= 11 is 0. The SMILES string of the molecule is CCn1nc(C)cc1CC(=O)C1CCC2CCCCC2N1. The first kappa shape index (κ1) is 14.8. The van der Waals surface area contributed by atoms with Crippen LogP contribution in [-0.4, -0.2) is 27.6 Å². The van der Waals surface area contributed by atoms with Gasteiger partial charge in [0.05, 0.1) is 18.2 Å². The van der Waals surface area contributed by atoms with Gasteiger partial charge in [-0.15, -0.1) is 0 Å². The van der Waals surface area contributed by atoms with Crippen LogP contribution in [0.15, 0.2) is 6.07 Å². The van der Waals surface area contributed by atoms with Crippen molar-refractivity contribution in [2.24, 2.45) is 5.92 Å². The number of piperidine rings is 1. The number of hydrogen-bond donors (Lipinski definition) is 1. The molecule has 4 heteroatoms. The summed E-state index contributed by atoms with van der Waals surface area (Å²) in [6, 6.07) is 2.69. The Balaban J connectivity index is 1.62. The van der Waals surface area contributed by atoms with Crippen LogP contribution < -0.4 is 5.32 Å². The van der Waals surface area contributed by atoms with E-state index in [2.05, 4.69) is 17.3 Å². The van der Waals surface area contributed by atoms with Crippen LogP contribution in [0.25, 0.3) is 0 Å². The Hall–Kier alpha value is -1.16. The molecule has 0 spiro atoms. The number of hydrogen-bond acceptors (Lipinski definition) is 3. The van der Waals surface area contributed by atoms with E-state index in [0.717, 1.165) is 30.3 Å². The molecule has 116 valence electrons.